The second kappa shape index (κ2) is 4.99. The van der Waals surface area contributed by atoms with Crippen LogP contribution in [-0.4, -0.2) is 41.2 Å². The molecule has 3 aliphatic heterocycles. The summed E-state index contributed by atoms with van der Waals surface area (Å²) in [6.45, 7) is 0.913. The third-order valence-corrected chi connectivity index (χ3v) is 4.74. The maximum absolute atomic E-state index is 12.9. The molecule has 1 aromatic rings. The smallest absolute Gasteiger partial charge is 0.308 e. The molecular formula is C17H15NO6. The van der Waals surface area contributed by atoms with Gasteiger partial charge in [0.15, 0.2) is 0 Å². The van der Waals surface area contributed by atoms with Crippen LogP contribution >= 0.6 is 0 Å². The summed E-state index contributed by atoms with van der Waals surface area (Å²) in [6.07, 6.45) is 2.89. The van der Waals surface area contributed by atoms with Gasteiger partial charge in [0, 0.05) is 13.0 Å². The van der Waals surface area contributed by atoms with Gasteiger partial charge in [0.25, 0.3) is 0 Å². The molecule has 2 saturated heterocycles. The Morgan fingerprint density at radius 1 is 1.38 bits per heavy atom. The molecule has 1 aromatic carbocycles. The number of fused-ring (bicyclic) bond motifs is 5. The Kier molecular flexibility index (Phi) is 3.13. The first kappa shape index (κ1) is 15.0. The van der Waals surface area contributed by atoms with Crippen molar-refractivity contribution in [3.05, 3.63) is 36.4 Å². The van der Waals surface area contributed by atoms with Crippen LogP contribution < -0.4 is 9.64 Å². The predicted octanol–water partition coefficient (Wildman–Crippen LogP) is 0.417. The van der Waals surface area contributed by atoms with Gasteiger partial charge in [0.2, 0.25) is 11.8 Å². The molecule has 2 fully saturated rings. The lowest BCUT2D eigenvalue weighted by molar-refractivity contribution is -0.132. The van der Waals surface area contributed by atoms with Crippen molar-refractivity contribution < 1.29 is 29.0 Å². The number of ether oxygens (including phenoxy) is 2. The van der Waals surface area contributed by atoms with Crippen LogP contribution in [0.25, 0.3) is 0 Å². The van der Waals surface area contributed by atoms with Gasteiger partial charge >= 0.3 is 5.97 Å². The third kappa shape index (κ3) is 1.88. The van der Waals surface area contributed by atoms with Gasteiger partial charge in [-0.3, -0.25) is 14.4 Å². The van der Waals surface area contributed by atoms with Crippen molar-refractivity contribution in [3.8, 4) is 5.75 Å². The van der Waals surface area contributed by atoms with Gasteiger partial charge in [-0.2, -0.15) is 0 Å². The molecule has 2 amide bonds. The van der Waals surface area contributed by atoms with Crippen LogP contribution in [0.4, 0.5) is 5.69 Å². The van der Waals surface area contributed by atoms with E-state index in [1.54, 1.807) is 30.4 Å². The molecule has 3 aliphatic rings. The van der Waals surface area contributed by atoms with Crippen molar-refractivity contribution in [3.63, 3.8) is 0 Å². The molecule has 0 saturated carbocycles. The van der Waals surface area contributed by atoms with Crippen molar-refractivity contribution >= 4 is 23.5 Å². The molecule has 2 bridgehead atoms. The van der Waals surface area contributed by atoms with E-state index >= 15 is 0 Å². The highest BCUT2D eigenvalue weighted by Gasteiger charge is 2.67. The van der Waals surface area contributed by atoms with Gasteiger partial charge in [-0.15, -0.1) is 0 Å². The molecule has 4 rings (SSSR count). The molecule has 7 heteroatoms. The predicted molar refractivity (Wildman–Crippen MR) is 81.1 cm³/mol. The molecule has 0 aromatic heterocycles. The minimum absolute atomic E-state index is 0.256. The normalized spacial score (nSPS) is 33.2. The molecular weight excluding hydrogens is 314 g/mol. The van der Waals surface area contributed by atoms with Gasteiger partial charge in [0.05, 0.1) is 30.2 Å². The van der Waals surface area contributed by atoms with Gasteiger partial charge in [-0.05, 0) is 12.1 Å². The molecule has 7 nitrogen and oxygen atoms in total. The van der Waals surface area contributed by atoms with Crippen LogP contribution in [0.15, 0.2) is 36.4 Å². The number of esters is 1. The highest BCUT2D eigenvalue weighted by Crippen LogP contribution is 2.52. The number of nitrogens with zero attached hydrogens (tertiary/aromatic N) is 1. The highest BCUT2D eigenvalue weighted by atomic mass is 16.5. The summed E-state index contributed by atoms with van der Waals surface area (Å²) in [5.41, 5.74) is -0.782. The number of rotatable bonds is 3. The van der Waals surface area contributed by atoms with Crippen molar-refractivity contribution in [2.45, 2.75) is 18.6 Å². The van der Waals surface area contributed by atoms with Gasteiger partial charge in [-0.1, -0.05) is 18.2 Å². The molecule has 1 N–H and O–H groups in total. The van der Waals surface area contributed by atoms with E-state index in [1.165, 1.54) is 13.0 Å². The Balaban J connectivity index is 1.71. The molecule has 0 unspecified atom stereocenters. The van der Waals surface area contributed by atoms with E-state index in [-0.39, 0.29) is 18.3 Å². The first-order valence-electron chi connectivity index (χ1n) is 7.61. The number of imide groups is 1. The van der Waals surface area contributed by atoms with Crippen molar-refractivity contribution in [2.75, 3.05) is 11.5 Å². The van der Waals surface area contributed by atoms with E-state index in [0.717, 1.165) is 4.90 Å². The van der Waals surface area contributed by atoms with Crippen LogP contribution in [0.3, 0.4) is 0 Å². The fourth-order valence-corrected chi connectivity index (χ4v) is 3.79. The Bertz CT molecular complexity index is 787. The Morgan fingerprint density at radius 3 is 2.88 bits per heavy atom. The van der Waals surface area contributed by atoms with E-state index in [0.29, 0.717) is 5.69 Å². The average Bonchev–Trinajstić information content (AvgIpc) is 3.18. The lowest BCUT2D eigenvalue weighted by atomic mass is 9.77. The number of carbonyl (C=O) groups is 3. The van der Waals surface area contributed by atoms with Crippen LogP contribution in [0.2, 0.25) is 0 Å². The summed E-state index contributed by atoms with van der Waals surface area (Å²) < 4.78 is 10.7. The van der Waals surface area contributed by atoms with E-state index in [1.807, 2.05) is 0 Å². The second-order valence-corrected chi connectivity index (χ2v) is 6.16. The summed E-state index contributed by atoms with van der Waals surface area (Å²) in [6, 6.07) is 6.25. The second-order valence-electron chi connectivity index (χ2n) is 6.16. The van der Waals surface area contributed by atoms with Crippen LogP contribution in [0, 0.1) is 11.8 Å². The van der Waals surface area contributed by atoms with Gasteiger partial charge in [0.1, 0.15) is 11.4 Å². The minimum Gasteiger partial charge on any atom is -0.427 e. The summed E-state index contributed by atoms with van der Waals surface area (Å²) in [7, 11) is 0. The Labute approximate surface area is 137 Å². The molecule has 3 heterocycles. The number of benzene rings is 1. The summed E-state index contributed by atoms with van der Waals surface area (Å²) >= 11 is 0. The van der Waals surface area contributed by atoms with Crippen molar-refractivity contribution in [2.24, 2.45) is 11.8 Å². The number of anilines is 1. The first-order chi connectivity index (χ1) is 11.5. The SMILES string of the molecule is CC(=O)Oc1cccc(N2C(=O)[C@H]3[C@@H]4C=C[C@](CO)(O4)[C@@H]3C2=O)c1. The lowest BCUT2D eigenvalue weighted by Crippen LogP contribution is -2.43. The molecule has 24 heavy (non-hydrogen) atoms. The molecule has 124 valence electrons. The molecule has 0 spiro atoms. The highest BCUT2D eigenvalue weighted by molar-refractivity contribution is 6.23. The largest absolute Gasteiger partial charge is 0.427 e. The fourth-order valence-electron chi connectivity index (χ4n) is 3.79. The van der Waals surface area contributed by atoms with Crippen LogP contribution in [0.1, 0.15) is 6.92 Å². The minimum atomic E-state index is -1.12. The first-order valence-corrected chi connectivity index (χ1v) is 7.61. The zero-order valence-corrected chi connectivity index (χ0v) is 12.8. The number of amides is 2. The fraction of sp³-hybridized carbons (Fsp3) is 0.353. The number of carbonyl (C=O) groups excluding carboxylic acids is 3. The summed E-state index contributed by atoms with van der Waals surface area (Å²) in [4.78, 5) is 37.8. The topological polar surface area (TPSA) is 93.1 Å². The Morgan fingerprint density at radius 2 is 2.17 bits per heavy atom. The third-order valence-electron chi connectivity index (χ3n) is 4.74. The zero-order chi connectivity index (χ0) is 17.1. The van der Waals surface area contributed by atoms with Crippen molar-refractivity contribution in [1.29, 1.82) is 0 Å². The summed E-state index contributed by atoms with van der Waals surface area (Å²) in [5.74, 6) is -2.38. The Hall–Kier alpha value is -2.51. The van der Waals surface area contributed by atoms with E-state index in [9.17, 15) is 19.5 Å². The van der Waals surface area contributed by atoms with Gasteiger partial charge < -0.3 is 14.6 Å². The number of aliphatic hydroxyl groups excluding tert-OH is 1. The van der Waals surface area contributed by atoms with E-state index in [2.05, 4.69) is 0 Å². The maximum Gasteiger partial charge on any atom is 0.308 e. The lowest BCUT2D eigenvalue weighted by Gasteiger charge is -2.26. The zero-order valence-electron chi connectivity index (χ0n) is 12.8. The number of hydrogen-bond donors (Lipinski definition) is 1. The quantitative estimate of drug-likeness (QED) is 0.374. The maximum atomic E-state index is 12.9. The summed E-state index contributed by atoms with van der Waals surface area (Å²) in [5, 5.41) is 9.68. The van der Waals surface area contributed by atoms with E-state index in [4.69, 9.17) is 9.47 Å². The number of aliphatic hydroxyl groups is 1. The molecule has 0 radical (unpaired) electrons. The standard InChI is InChI=1S/C17H15NO6/c1-9(20)23-11-4-2-3-10(7-11)18-15(21)13-12-5-6-17(8-19,24-12)14(13)16(18)22/h2-7,12-14,19H,8H2,1H3/t12-,13-,14-,17+/m0/s1. The number of hydrogen-bond acceptors (Lipinski definition) is 6. The van der Waals surface area contributed by atoms with Crippen molar-refractivity contribution in [1.82, 2.24) is 0 Å². The van der Waals surface area contributed by atoms with Crippen LogP contribution in [0.5, 0.6) is 5.75 Å². The van der Waals surface area contributed by atoms with Crippen LogP contribution in [-0.2, 0) is 19.1 Å². The van der Waals surface area contributed by atoms with E-state index < -0.39 is 35.4 Å². The van der Waals surface area contributed by atoms with Gasteiger partial charge in [-0.25, -0.2) is 4.90 Å². The molecule has 0 aliphatic carbocycles. The monoisotopic (exact) mass is 329 g/mol. The molecule has 4 atom stereocenters. The average molecular weight is 329 g/mol.